The molecule has 0 spiro atoms. The molecule has 0 fully saturated rings. The average Bonchev–Trinajstić information content (AvgIpc) is 2.69. The lowest BCUT2D eigenvalue weighted by molar-refractivity contribution is -0.126. The van der Waals surface area contributed by atoms with E-state index in [1.54, 1.807) is 14.0 Å². The highest BCUT2D eigenvalue weighted by Crippen LogP contribution is 2.23. The molecular formula is C8H9N3O3S. The second-order valence-corrected chi connectivity index (χ2v) is 3.66. The molecule has 1 aromatic rings. The average molecular weight is 227 g/mol. The van der Waals surface area contributed by atoms with Crippen molar-refractivity contribution in [3.05, 3.63) is 5.69 Å². The molecule has 1 unspecified atom stereocenters. The largest absolute Gasteiger partial charge is 0.447 e. The van der Waals surface area contributed by atoms with Crippen molar-refractivity contribution >= 4 is 29.4 Å². The summed E-state index contributed by atoms with van der Waals surface area (Å²) in [6.45, 7) is 1.78. The Morgan fingerprint density at radius 3 is 2.87 bits per heavy atom. The lowest BCUT2D eigenvalue weighted by atomic mass is 10.2. The van der Waals surface area contributed by atoms with E-state index in [9.17, 15) is 9.59 Å². The zero-order valence-electron chi connectivity index (χ0n) is 8.26. The van der Waals surface area contributed by atoms with Gasteiger partial charge in [-0.25, -0.2) is 4.79 Å². The summed E-state index contributed by atoms with van der Waals surface area (Å²) in [4.78, 5) is 24.6. The van der Waals surface area contributed by atoms with Gasteiger partial charge in [-0.15, -0.1) is 0 Å². The smallest absolute Gasteiger partial charge is 0.362 e. The monoisotopic (exact) mass is 227 g/mol. The normalized spacial score (nSPS) is 20.9. The van der Waals surface area contributed by atoms with Gasteiger partial charge in [0.25, 0.3) is 5.91 Å². The third kappa shape index (κ3) is 1.48. The molecule has 0 aromatic carbocycles. The Hall–Kier alpha value is -1.50. The molecular weight excluding hydrogens is 218 g/mol. The molecule has 1 aromatic heterocycles. The van der Waals surface area contributed by atoms with Gasteiger partial charge in [-0.3, -0.25) is 9.69 Å². The number of aromatic nitrogens is 2. The molecule has 80 valence electrons. The molecule has 2 heterocycles. The molecule has 6 nitrogen and oxygen atoms in total. The Kier molecular flexibility index (Phi) is 2.39. The molecule has 1 aliphatic rings. The molecule has 0 N–H and O–H groups in total. The van der Waals surface area contributed by atoms with Gasteiger partial charge in [0, 0.05) is 7.05 Å². The zero-order chi connectivity index (χ0) is 11.0. The predicted octanol–water partition coefficient (Wildman–Crippen LogP) is 0.450. The van der Waals surface area contributed by atoms with Crippen LogP contribution in [0.5, 0.6) is 0 Å². The molecule has 15 heavy (non-hydrogen) atoms. The van der Waals surface area contributed by atoms with Crippen molar-refractivity contribution in [1.82, 2.24) is 8.75 Å². The van der Waals surface area contributed by atoms with Crippen LogP contribution in [0.2, 0.25) is 0 Å². The molecule has 1 amide bonds. The van der Waals surface area contributed by atoms with Gasteiger partial charge < -0.3 is 4.74 Å². The fourth-order valence-electron chi connectivity index (χ4n) is 1.35. The number of ether oxygens (including phenoxy) is 1. The summed E-state index contributed by atoms with van der Waals surface area (Å²) in [6, 6.07) is 0. The Bertz CT molecular complexity index is 417. The van der Waals surface area contributed by atoms with Crippen molar-refractivity contribution in [2.75, 3.05) is 11.9 Å². The number of hydrogen-bond donors (Lipinski definition) is 0. The van der Waals surface area contributed by atoms with Gasteiger partial charge in [0.1, 0.15) is 0 Å². The maximum Gasteiger partial charge on any atom is 0.362 e. The van der Waals surface area contributed by atoms with Gasteiger partial charge in [0.15, 0.2) is 11.9 Å². The first-order valence-electron chi connectivity index (χ1n) is 4.46. The maximum atomic E-state index is 11.8. The molecule has 0 saturated heterocycles. The van der Waals surface area contributed by atoms with Crippen LogP contribution in [-0.2, 0) is 9.53 Å². The minimum absolute atomic E-state index is 0.117. The fraction of sp³-hybridized carbons (Fsp3) is 0.500. The van der Waals surface area contributed by atoms with Crippen LogP contribution in [0.3, 0.4) is 0 Å². The highest BCUT2D eigenvalue weighted by Gasteiger charge is 2.35. The van der Waals surface area contributed by atoms with Gasteiger partial charge in [0.05, 0.1) is 11.7 Å². The number of fused-ring (bicyclic) bond motifs is 1. The van der Waals surface area contributed by atoms with E-state index in [0.29, 0.717) is 6.42 Å². The minimum Gasteiger partial charge on any atom is -0.447 e. The quantitative estimate of drug-likeness (QED) is 0.651. The number of hydrogen-bond acceptors (Lipinski definition) is 6. The molecule has 0 radical (unpaired) electrons. The van der Waals surface area contributed by atoms with E-state index >= 15 is 0 Å². The van der Waals surface area contributed by atoms with Crippen LogP contribution in [0.4, 0.5) is 5.82 Å². The predicted molar refractivity (Wildman–Crippen MR) is 52.8 cm³/mol. The topological polar surface area (TPSA) is 72.4 Å². The Labute approximate surface area is 90.2 Å². The lowest BCUT2D eigenvalue weighted by Gasteiger charge is -2.16. The first-order chi connectivity index (χ1) is 7.15. The Morgan fingerprint density at radius 2 is 2.20 bits per heavy atom. The van der Waals surface area contributed by atoms with E-state index in [1.165, 1.54) is 4.90 Å². The van der Waals surface area contributed by atoms with Crippen LogP contribution in [0, 0.1) is 0 Å². The van der Waals surface area contributed by atoms with Crippen molar-refractivity contribution in [1.29, 1.82) is 0 Å². The maximum absolute atomic E-state index is 11.8. The summed E-state index contributed by atoms with van der Waals surface area (Å²) in [5, 5.41) is 0. The third-order valence-corrected chi connectivity index (χ3v) is 2.73. The van der Waals surface area contributed by atoms with Crippen molar-refractivity contribution in [3.63, 3.8) is 0 Å². The highest BCUT2D eigenvalue weighted by molar-refractivity contribution is 6.99. The van der Waals surface area contributed by atoms with Crippen molar-refractivity contribution < 1.29 is 14.3 Å². The minimum atomic E-state index is -0.733. The van der Waals surface area contributed by atoms with Crippen LogP contribution >= 0.6 is 11.7 Å². The number of carbonyl (C=O) groups excluding carboxylic acids is 2. The number of carbonyl (C=O) groups is 2. The number of anilines is 1. The van der Waals surface area contributed by atoms with E-state index in [1.807, 2.05) is 0 Å². The number of likely N-dealkylation sites (N-methyl/N-ethyl adjacent to an activating group) is 1. The Balaban J connectivity index is 2.46. The molecule has 0 aliphatic carbocycles. The summed E-state index contributed by atoms with van der Waals surface area (Å²) in [5.41, 5.74) is 0.117. The fourth-order valence-corrected chi connectivity index (χ4v) is 1.91. The summed E-state index contributed by atoms with van der Waals surface area (Å²) < 4.78 is 12.7. The summed E-state index contributed by atoms with van der Waals surface area (Å²) in [6.07, 6.45) is -0.286. The first kappa shape index (κ1) is 10.0. The van der Waals surface area contributed by atoms with Crippen LogP contribution in [0.1, 0.15) is 23.8 Å². The number of nitrogens with zero attached hydrogens (tertiary/aromatic N) is 3. The number of esters is 1. The van der Waals surface area contributed by atoms with Gasteiger partial charge in [-0.2, -0.15) is 8.75 Å². The second-order valence-electron chi connectivity index (χ2n) is 3.14. The van der Waals surface area contributed by atoms with Crippen LogP contribution in [-0.4, -0.2) is 33.8 Å². The van der Waals surface area contributed by atoms with E-state index in [-0.39, 0.29) is 17.4 Å². The van der Waals surface area contributed by atoms with Crippen molar-refractivity contribution in [2.45, 2.75) is 19.4 Å². The summed E-state index contributed by atoms with van der Waals surface area (Å²) in [5.74, 6) is -0.563. The van der Waals surface area contributed by atoms with E-state index in [0.717, 1.165) is 11.7 Å². The van der Waals surface area contributed by atoms with E-state index in [2.05, 4.69) is 8.75 Å². The number of rotatable bonds is 1. The zero-order valence-corrected chi connectivity index (χ0v) is 9.08. The number of cyclic esters (lactones) is 1. The number of amides is 1. The SMILES string of the molecule is CCC1OC(=O)c2nsnc2N(C)C1=O. The molecule has 1 aliphatic heterocycles. The van der Waals surface area contributed by atoms with E-state index in [4.69, 9.17) is 4.74 Å². The van der Waals surface area contributed by atoms with Crippen LogP contribution < -0.4 is 4.90 Å². The molecule has 1 atom stereocenters. The van der Waals surface area contributed by atoms with E-state index < -0.39 is 12.1 Å². The standard InChI is InChI=1S/C8H9N3O3S/c1-3-4-7(12)11(2)6-5(8(13)14-4)9-15-10-6/h4H,3H2,1-2H3. The van der Waals surface area contributed by atoms with Crippen LogP contribution in [0.25, 0.3) is 0 Å². The molecule has 0 saturated carbocycles. The second kappa shape index (κ2) is 3.58. The highest BCUT2D eigenvalue weighted by atomic mass is 32.1. The summed E-state index contributed by atoms with van der Waals surface area (Å²) in [7, 11) is 1.56. The summed E-state index contributed by atoms with van der Waals surface area (Å²) >= 11 is 0.888. The van der Waals surface area contributed by atoms with Crippen molar-refractivity contribution in [2.24, 2.45) is 0 Å². The lowest BCUT2D eigenvalue weighted by Crippen LogP contribution is -2.36. The molecule has 2 rings (SSSR count). The Morgan fingerprint density at radius 1 is 1.47 bits per heavy atom. The third-order valence-electron chi connectivity index (χ3n) is 2.21. The van der Waals surface area contributed by atoms with Gasteiger partial charge >= 0.3 is 5.97 Å². The van der Waals surface area contributed by atoms with Gasteiger partial charge in [0.2, 0.25) is 5.69 Å². The van der Waals surface area contributed by atoms with Crippen LogP contribution in [0.15, 0.2) is 0 Å². The molecule has 7 heteroatoms. The molecule has 0 bridgehead atoms. The van der Waals surface area contributed by atoms with Gasteiger partial charge in [-0.1, -0.05) is 6.92 Å². The van der Waals surface area contributed by atoms with Crippen molar-refractivity contribution in [3.8, 4) is 0 Å². The van der Waals surface area contributed by atoms with Gasteiger partial charge in [-0.05, 0) is 6.42 Å². The first-order valence-corrected chi connectivity index (χ1v) is 5.19.